The van der Waals surface area contributed by atoms with Gasteiger partial charge in [-0.25, -0.2) is 0 Å². The van der Waals surface area contributed by atoms with Crippen LogP contribution in [0.25, 0.3) is 75.5 Å². The highest BCUT2D eigenvalue weighted by molar-refractivity contribution is 7.25. The number of rotatable bonds is 6. The third-order valence-electron chi connectivity index (χ3n) is 9.84. The van der Waals surface area contributed by atoms with Crippen molar-refractivity contribution >= 4 is 70.5 Å². The van der Waals surface area contributed by atoms with Gasteiger partial charge in [-0.1, -0.05) is 133 Å². The Morgan fingerprint density at radius 2 is 0.980 bits per heavy atom. The van der Waals surface area contributed by atoms with E-state index in [-0.39, 0.29) is 0 Å². The summed E-state index contributed by atoms with van der Waals surface area (Å²) in [5.74, 6) is 0. The van der Waals surface area contributed by atoms with Crippen LogP contribution in [-0.2, 0) is 0 Å². The fourth-order valence-electron chi connectivity index (χ4n) is 7.46. The molecule has 10 aromatic rings. The van der Waals surface area contributed by atoms with Gasteiger partial charge in [0.2, 0.25) is 0 Å². The molecule has 0 atom stereocenters. The van der Waals surface area contributed by atoms with E-state index in [0.717, 1.165) is 61.3 Å². The molecule has 10 rings (SSSR count). The molecule has 0 N–H and O–H groups in total. The average molecular weight is 670 g/mol. The first-order valence-electron chi connectivity index (χ1n) is 17.3. The summed E-state index contributed by atoms with van der Waals surface area (Å²) >= 11 is 1.85. The molecule has 0 unspecified atom stereocenters. The van der Waals surface area contributed by atoms with Crippen molar-refractivity contribution in [3.63, 3.8) is 0 Å². The second-order valence-electron chi connectivity index (χ2n) is 12.9. The van der Waals surface area contributed by atoms with Gasteiger partial charge in [0.15, 0.2) is 0 Å². The lowest BCUT2D eigenvalue weighted by Crippen LogP contribution is -2.11. The second kappa shape index (κ2) is 12.2. The third-order valence-corrected chi connectivity index (χ3v) is 11.0. The van der Waals surface area contributed by atoms with Crippen molar-refractivity contribution < 1.29 is 4.42 Å². The maximum absolute atomic E-state index is 6.77. The van der Waals surface area contributed by atoms with E-state index in [2.05, 4.69) is 193 Å². The molecule has 0 spiro atoms. The lowest BCUT2D eigenvalue weighted by atomic mass is 9.96. The van der Waals surface area contributed by atoms with E-state index >= 15 is 0 Å². The molecule has 0 bridgehead atoms. The van der Waals surface area contributed by atoms with Crippen molar-refractivity contribution in [2.24, 2.45) is 0 Å². The lowest BCUT2D eigenvalue weighted by molar-refractivity contribution is 0.670. The van der Waals surface area contributed by atoms with E-state index in [1.54, 1.807) is 0 Å². The van der Waals surface area contributed by atoms with Crippen LogP contribution in [0.15, 0.2) is 192 Å². The number of furan rings is 1. The fourth-order valence-corrected chi connectivity index (χ4v) is 8.60. The summed E-state index contributed by atoms with van der Waals surface area (Å²) in [5, 5.41) is 4.76. The summed E-state index contributed by atoms with van der Waals surface area (Å²) in [4.78, 5) is 2.43. The number of nitrogens with zero attached hydrogens (tertiary/aromatic N) is 1. The van der Waals surface area contributed by atoms with Gasteiger partial charge in [0.25, 0.3) is 0 Å². The first kappa shape index (κ1) is 29.5. The number of hydrogen-bond acceptors (Lipinski definition) is 3. The van der Waals surface area contributed by atoms with E-state index in [4.69, 9.17) is 4.42 Å². The van der Waals surface area contributed by atoms with Gasteiger partial charge < -0.3 is 9.32 Å². The molecular weight excluding hydrogens is 639 g/mol. The summed E-state index contributed by atoms with van der Waals surface area (Å²) in [6.45, 7) is 0. The number of anilines is 3. The SMILES string of the molecule is c1ccc(-c2cc(-c3ccccc3)cc(N(c3ccc4c(c3)sc3ccccc34)c3ccc(-c4ccccc4)c4oc5ccccc5c34)c2)cc1. The van der Waals surface area contributed by atoms with Crippen LogP contribution in [0.1, 0.15) is 0 Å². The molecule has 0 saturated heterocycles. The number of thiophene rings is 1. The van der Waals surface area contributed by atoms with E-state index in [9.17, 15) is 0 Å². The molecule has 2 aromatic heterocycles. The average Bonchev–Trinajstić information content (AvgIpc) is 3.78. The Morgan fingerprint density at radius 3 is 1.69 bits per heavy atom. The summed E-state index contributed by atoms with van der Waals surface area (Å²) in [7, 11) is 0. The molecule has 0 radical (unpaired) electrons. The molecule has 0 aliphatic rings. The monoisotopic (exact) mass is 669 g/mol. The minimum absolute atomic E-state index is 0.875. The van der Waals surface area contributed by atoms with Crippen molar-refractivity contribution in [1.82, 2.24) is 0 Å². The fraction of sp³-hybridized carbons (Fsp3) is 0. The Kier molecular flexibility index (Phi) is 7.04. The topological polar surface area (TPSA) is 16.4 Å². The van der Waals surface area contributed by atoms with Crippen LogP contribution in [0.3, 0.4) is 0 Å². The molecule has 0 fully saturated rings. The Labute approximate surface area is 300 Å². The Hall–Kier alpha value is -6.42. The van der Waals surface area contributed by atoms with Gasteiger partial charge in [-0.05, 0) is 82.4 Å². The Morgan fingerprint density at radius 1 is 0.392 bits per heavy atom. The molecule has 8 aromatic carbocycles. The van der Waals surface area contributed by atoms with Crippen LogP contribution < -0.4 is 4.90 Å². The molecule has 0 saturated carbocycles. The number of fused-ring (bicyclic) bond motifs is 6. The van der Waals surface area contributed by atoms with Crippen molar-refractivity contribution in [2.45, 2.75) is 0 Å². The minimum atomic E-state index is 0.875. The van der Waals surface area contributed by atoms with Gasteiger partial charge >= 0.3 is 0 Å². The zero-order valence-corrected chi connectivity index (χ0v) is 28.5. The highest BCUT2D eigenvalue weighted by Crippen LogP contribution is 2.48. The van der Waals surface area contributed by atoms with Crippen molar-refractivity contribution in [3.05, 3.63) is 188 Å². The van der Waals surface area contributed by atoms with E-state index in [1.165, 1.54) is 31.3 Å². The van der Waals surface area contributed by atoms with Crippen LogP contribution in [0.4, 0.5) is 17.1 Å². The summed E-state index contributed by atoms with van der Waals surface area (Å²) in [6.07, 6.45) is 0. The zero-order valence-electron chi connectivity index (χ0n) is 27.7. The summed E-state index contributed by atoms with van der Waals surface area (Å²) in [5.41, 5.74) is 11.9. The maximum atomic E-state index is 6.77. The second-order valence-corrected chi connectivity index (χ2v) is 14.0. The van der Waals surface area contributed by atoms with Gasteiger partial charge in [0, 0.05) is 42.5 Å². The van der Waals surface area contributed by atoms with Crippen molar-refractivity contribution in [1.29, 1.82) is 0 Å². The molecule has 51 heavy (non-hydrogen) atoms. The first-order valence-corrected chi connectivity index (χ1v) is 18.1. The molecule has 3 heteroatoms. The standard InChI is InChI=1S/C48H31NOS/c1-4-14-32(15-5-1)35-28-36(33-16-6-2-7-17-33)30-38(29-35)49(37-24-25-41-40-20-11-13-23-45(40)51-46(41)31-37)43-27-26-39(34-18-8-3-9-19-34)48-47(43)42-21-10-12-22-44(42)50-48/h1-31H. The predicted octanol–water partition coefficient (Wildman–Crippen LogP) is 14.4. The van der Waals surface area contributed by atoms with Crippen LogP contribution >= 0.6 is 11.3 Å². The highest BCUT2D eigenvalue weighted by Gasteiger charge is 2.23. The smallest absolute Gasteiger partial charge is 0.145 e. The van der Waals surface area contributed by atoms with Crippen LogP contribution in [0.5, 0.6) is 0 Å². The highest BCUT2D eigenvalue weighted by atomic mass is 32.1. The van der Waals surface area contributed by atoms with Gasteiger partial charge in [-0.3, -0.25) is 0 Å². The van der Waals surface area contributed by atoms with Gasteiger partial charge in [0.1, 0.15) is 11.2 Å². The minimum Gasteiger partial charge on any atom is -0.455 e. The Balaban J connectivity index is 1.30. The number of benzene rings is 8. The van der Waals surface area contributed by atoms with Crippen molar-refractivity contribution in [3.8, 4) is 33.4 Å². The van der Waals surface area contributed by atoms with Gasteiger partial charge in [0.05, 0.1) is 11.1 Å². The van der Waals surface area contributed by atoms with E-state index in [1.807, 2.05) is 11.3 Å². The summed E-state index contributed by atoms with van der Waals surface area (Å²) in [6, 6.07) is 67.4. The Bertz CT molecular complexity index is 2790. The lowest BCUT2D eigenvalue weighted by Gasteiger charge is -2.28. The predicted molar refractivity (Wildman–Crippen MR) is 218 cm³/mol. The number of para-hydroxylation sites is 1. The molecule has 2 nitrogen and oxygen atoms in total. The summed E-state index contributed by atoms with van der Waals surface area (Å²) < 4.78 is 9.33. The van der Waals surface area contributed by atoms with E-state index < -0.39 is 0 Å². The first-order chi connectivity index (χ1) is 25.3. The largest absolute Gasteiger partial charge is 0.455 e. The molecule has 0 aliphatic carbocycles. The molecule has 0 aliphatic heterocycles. The quantitative estimate of drug-likeness (QED) is 0.175. The molecular formula is C48H31NOS. The third kappa shape index (κ3) is 5.10. The van der Waals surface area contributed by atoms with E-state index in [0.29, 0.717) is 0 Å². The normalized spacial score (nSPS) is 11.5. The van der Waals surface area contributed by atoms with Gasteiger partial charge in [-0.2, -0.15) is 0 Å². The molecule has 2 heterocycles. The van der Waals surface area contributed by atoms with Crippen LogP contribution in [0, 0.1) is 0 Å². The molecule has 240 valence electrons. The maximum Gasteiger partial charge on any atom is 0.145 e. The zero-order chi connectivity index (χ0) is 33.7. The van der Waals surface area contributed by atoms with Crippen LogP contribution in [0.2, 0.25) is 0 Å². The van der Waals surface area contributed by atoms with Crippen LogP contribution in [-0.4, -0.2) is 0 Å². The van der Waals surface area contributed by atoms with Crippen molar-refractivity contribution in [2.75, 3.05) is 4.90 Å². The van der Waals surface area contributed by atoms with Gasteiger partial charge in [-0.15, -0.1) is 11.3 Å². The number of hydrogen-bond donors (Lipinski definition) is 0. The molecule has 0 amide bonds.